The fraction of sp³-hybridized carbons (Fsp3) is 0.533. The Morgan fingerprint density at radius 1 is 1.33 bits per heavy atom. The number of nitrogens with two attached hydrogens (primary N) is 1. The van der Waals surface area contributed by atoms with Gasteiger partial charge in [-0.05, 0) is 47.3 Å². The van der Waals surface area contributed by atoms with Gasteiger partial charge in [0.2, 0.25) is 0 Å². The quantitative estimate of drug-likeness (QED) is 0.363. The highest BCUT2D eigenvalue weighted by atomic mass is 127. The van der Waals surface area contributed by atoms with E-state index in [-0.39, 0.29) is 30.1 Å². The van der Waals surface area contributed by atoms with Crippen molar-refractivity contribution in [2.24, 2.45) is 16.6 Å². The molecule has 0 aromatic heterocycles. The number of para-hydroxylation sites is 1. The van der Waals surface area contributed by atoms with Crippen molar-refractivity contribution < 1.29 is 4.74 Å². The Labute approximate surface area is 153 Å². The van der Waals surface area contributed by atoms with Crippen LogP contribution in [0.25, 0.3) is 0 Å². The largest absolute Gasteiger partial charge is 0.488 e. The summed E-state index contributed by atoms with van der Waals surface area (Å²) >= 11 is 3.45. The lowest BCUT2D eigenvalue weighted by molar-refractivity contribution is 0.229. The summed E-state index contributed by atoms with van der Waals surface area (Å²) in [6.07, 6.45) is 1.05. The molecule has 0 aliphatic heterocycles. The van der Waals surface area contributed by atoms with E-state index < -0.39 is 0 Å². The molecule has 0 heterocycles. The average Bonchev–Trinajstić information content (AvgIpc) is 2.39. The van der Waals surface area contributed by atoms with Gasteiger partial charge in [0.05, 0.1) is 11.0 Å². The normalized spacial score (nSPS) is 12.7. The minimum Gasteiger partial charge on any atom is -0.488 e. The predicted molar refractivity (Wildman–Crippen MR) is 104 cm³/mol. The van der Waals surface area contributed by atoms with E-state index in [4.69, 9.17) is 10.5 Å². The van der Waals surface area contributed by atoms with E-state index >= 15 is 0 Å². The molecule has 1 aromatic rings. The molecule has 0 aliphatic rings. The van der Waals surface area contributed by atoms with Crippen LogP contribution in [0.15, 0.2) is 33.7 Å². The zero-order valence-electron chi connectivity index (χ0n) is 12.8. The number of guanidine groups is 1. The lowest BCUT2D eigenvalue weighted by Gasteiger charge is -2.14. The number of nitrogens with zero attached hydrogens (tertiary/aromatic N) is 1. The monoisotopic (exact) mass is 469 g/mol. The Balaban J connectivity index is 0.00000400. The van der Waals surface area contributed by atoms with Crippen molar-refractivity contribution in [2.45, 2.75) is 33.3 Å². The highest BCUT2D eigenvalue weighted by molar-refractivity contribution is 14.0. The van der Waals surface area contributed by atoms with E-state index in [0.29, 0.717) is 18.4 Å². The topological polar surface area (TPSA) is 59.6 Å². The Kier molecular flexibility index (Phi) is 10.9. The SMILES string of the molecule is CC(C)CCNC(N)=NCC(C)Oc1ccccc1Br.I. The van der Waals surface area contributed by atoms with Gasteiger partial charge in [-0.25, -0.2) is 4.99 Å². The van der Waals surface area contributed by atoms with Gasteiger partial charge >= 0.3 is 0 Å². The summed E-state index contributed by atoms with van der Waals surface area (Å²) in [5.41, 5.74) is 5.81. The number of rotatable bonds is 7. The Hall–Kier alpha value is -0.500. The van der Waals surface area contributed by atoms with E-state index in [2.05, 4.69) is 40.1 Å². The smallest absolute Gasteiger partial charge is 0.188 e. The number of ether oxygens (including phenoxy) is 1. The Morgan fingerprint density at radius 2 is 2.00 bits per heavy atom. The summed E-state index contributed by atoms with van der Waals surface area (Å²) in [7, 11) is 0. The number of hydrogen-bond acceptors (Lipinski definition) is 2. The van der Waals surface area contributed by atoms with Crippen LogP contribution >= 0.6 is 39.9 Å². The van der Waals surface area contributed by atoms with Crippen LogP contribution in [0.3, 0.4) is 0 Å². The third kappa shape index (κ3) is 9.18. The van der Waals surface area contributed by atoms with Gasteiger partial charge in [0, 0.05) is 6.54 Å². The van der Waals surface area contributed by atoms with Gasteiger partial charge in [0.25, 0.3) is 0 Å². The van der Waals surface area contributed by atoms with Crippen LogP contribution in [0.1, 0.15) is 27.2 Å². The molecule has 1 unspecified atom stereocenters. The van der Waals surface area contributed by atoms with Crippen LogP contribution in [-0.4, -0.2) is 25.2 Å². The van der Waals surface area contributed by atoms with Crippen LogP contribution in [-0.2, 0) is 0 Å². The summed E-state index contributed by atoms with van der Waals surface area (Å²) in [4.78, 5) is 4.29. The number of halogens is 2. The van der Waals surface area contributed by atoms with E-state index in [1.807, 2.05) is 31.2 Å². The second-order valence-corrected chi connectivity index (χ2v) is 6.05. The third-order valence-corrected chi connectivity index (χ3v) is 3.37. The van der Waals surface area contributed by atoms with Crippen molar-refractivity contribution >= 4 is 45.9 Å². The van der Waals surface area contributed by atoms with Crippen LogP contribution in [0, 0.1) is 5.92 Å². The second kappa shape index (κ2) is 11.1. The van der Waals surface area contributed by atoms with Gasteiger partial charge in [0.1, 0.15) is 11.9 Å². The van der Waals surface area contributed by atoms with Gasteiger partial charge in [-0.15, -0.1) is 24.0 Å². The first-order chi connectivity index (χ1) is 9.49. The van der Waals surface area contributed by atoms with Crippen molar-refractivity contribution in [3.8, 4) is 5.75 Å². The van der Waals surface area contributed by atoms with Gasteiger partial charge in [-0.3, -0.25) is 0 Å². The molecule has 0 radical (unpaired) electrons. The van der Waals surface area contributed by atoms with E-state index in [9.17, 15) is 0 Å². The van der Waals surface area contributed by atoms with Gasteiger partial charge < -0.3 is 15.8 Å². The Bertz CT molecular complexity index is 441. The lowest BCUT2D eigenvalue weighted by Crippen LogP contribution is -2.34. The molecule has 3 N–H and O–H groups in total. The minimum atomic E-state index is -0.0286. The molecule has 4 nitrogen and oxygen atoms in total. The standard InChI is InChI=1S/C15H24BrN3O.HI/c1-11(2)8-9-18-15(17)19-10-12(3)20-14-7-5-4-6-13(14)16;/h4-7,11-12H,8-10H2,1-3H3,(H3,17,18,19);1H. The van der Waals surface area contributed by atoms with Gasteiger partial charge in [0.15, 0.2) is 5.96 Å². The molecule has 120 valence electrons. The molecule has 1 aromatic carbocycles. The van der Waals surface area contributed by atoms with Gasteiger partial charge in [-0.2, -0.15) is 0 Å². The number of benzene rings is 1. The summed E-state index contributed by atoms with van der Waals surface area (Å²) < 4.78 is 6.74. The molecule has 0 saturated heterocycles. The molecular formula is C15H25BrIN3O. The molecule has 0 bridgehead atoms. The molecule has 0 spiro atoms. The predicted octanol–water partition coefficient (Wildman–Crippen LogP) is 3.78. The molecule has 1 atom stereocenters. The number of aliphatic imine (C=N–C) groups is 1. The van der Waals surface area contributed by atoms with Crippen LogP contribution in [0.4, 0.5) is 0 Å². The fourth-order valence-corrected chi connectivity index (χ4v) is 1.94. The van der Waals surface area contributed by atoms with Gasteiger partial charge in [-0.1, -0.05) is 26.0 Å². The molecule has 0 amide bonds. The number of nitrogens with one attached hydrogen (secondary N) is 1. The maximum atomic E-state index is 5.81. The van der Waals surface area contributed by atoms with E-state index in [1.54, 1.807) is 0 Å². The number of hydrogen-bond donors (Lipinski definition) is 2. The van der Waals surface area contributed by atoms with Crippen LogP contribution in [0.2, 0.25) is 0 Å². The van der Waals surface area contributed by atoms with E-state index in [0.717, 1.165) is 23.2 Å². The molecule has 6 heteroatoms. The second-order valence-electron chi connectivity index (χ2n) is 5.19. The van der Waals surface area contributed by atoms with Crippen molar-refractivity contribution in [1.82, 2.24) is 5.32 Å². The summed E-state index contributed by atoms with van der Waals surface area (Å²) in [5, 5.41) is 3.11. The van der Waals surface area contributed by atoms with Crippen molar-refractivity contribution in [1.29, 1.82) is 0 Å². The third-order valence-electron chi connectivity index (χ3n) is 2.71. The summed E-state index contributed by atoms with van der Waals surface area (Å²) in [5.74, 6) is 1.96. The highest BCUT2D eigenvalue weighted by Gasteiger charge is 2.06. The highest BCUT2D eigenvalue weighted by Crippen LogP contribution is 2.24. The van der Waals surface area contributed by atoms with E-state index in [1.165, 1.54) is 0 Å². The lowest BCUT2D eigenvalue weighted by atomic mass is 10.1. The zero-order chi connectivity index (χ0) is 15.0. The zero-order valence-corrected chi connectivity index (χ0v) is 16.7. The average molecular weight is 470 g/mol. The molecule has 0 fully saturated rings. The van der Waals surface area contributed by atoms with Crippen molar-refractivity contribution in [3.63, 3.8) is 0 Å². The van der Waals surface area contributed by atoms with Crippen molar-refractivity contribution in [3.05, 3.63) is 28.7 Å². The first-order valence-electron chi connectivity index (χ1n) is 6.94. The van der Waals surface area contributed by atoms with Crippen LogP contribution in [0.5, 0.6) is 5.75 Å². The summed E-state index contributed by atoms with van der Waals surface area (Å²) in [6.45, 7) is 7.73. The molecular weight excluding hydrogens is 445 g/mol. The van der Waals surface area contributed by atoms with Crippen LogP contribution < -0.4 is 15.8 Å². The molecule has 1 rings (SSSR count). The first-order valence-corrected chi connectivity index (χ1v) is 7.73. The minimum absolute atomic E-state index is 0. The molecule has 0 aliphatic carbocycles. The maximum Gasteiger partial charge on any atom is 0.188 e. The van der Waals surface area contributed by atoms with Crippen molar-refractivity contribution in [2.75, 3.05) is 13.1 Å². The fourth-order valence-electron chi connectivity index (χ4n) is 1.57. The summed E-state index contributed by atoms with van der Waals surface area (Å²) in [6, 6.07) is 7.77. The Morgan fingerprint density at radius 3 is 2.62 bits per heavy atom. The first kappa shape index (κ1) is 20.5. The molecule has 0 saturated carbocycles. The maximum absolute atomic E-state index is 5.81. The molecule has 21 heavy (non-hydrogen) atoms.